The van der Waals surface area contributed by atoms with Crippen LogP contribution in [0, 0.1) is 5.92 Å². The highest BCUT2D eigenvalue weighted by molar-refractivity contribution is 7.19. The Bertz CT molecular complexity index is 999. The van der Waals surface area contributed by atoms with E-state index in [2.05, 4.69) is 15.6 Å². The zero-order valence-electron chi connectivity index (χ0n) is 16.5. The Kier molecular flexibility index (Phi) is 5.26. The number of nitrogens with zero attached hydrogens (tertiary/aromatic N) is 3. The lowest BCUT2D eigenvalue weighted by atomic mass is 9.96. The van der Waals surface area contributed by atoms with Gasteiger partial charge < -0.3 is 10.6 Å². The molecule has 2 N–H and O–H groups in total. The van der Waals surface area contributed by atoms with Crippen molar-refractivity contribution in [1.82, 2.24) is 20.3 Å². The van der Waals surface area contributed by atoms with E-state index in [-0.39, 0.29) is 17.9 Å². The summed E-state index contributed by atoms with van der Waals surface area (Å²) in [6, 6.07) is 3.49. The maximum absolute atomic E-state index is 12.5. The fraction of sp³-hybridized carbons (Fsp3) is 0.429. The van der Waals surface area contributed by atoms with Crippen LogP contribution in [0.4, 0.5) is 5.82 Å². The minimum Gasteiger partial charge on any atom is -0.358 e. The number of carbonyl (C=O) groups excluding carboxylic acids is 1. The third kappa shape index (κ3) is 3.46. The molecule has 0 radical (unpaired) electrons. The van der Waals surface area contributed by atoms with Crippen molar-refractivity contribution in [3.8, 4) is 11.4 Å². The van der Waals surface area contributed by atoms with Gasteiger partial charge in [0.05, 0.1) is 5.39 Å². The number of thiophene rings is 1. The number of carbonyl (C=O) groups is 1. The van der Waals surface area contributed by atoms with Gasteiger partial charge in [0.1, 0.15) is 16.7 Å². The van der Waals surface area contributed by atoms with Crippen molar-refractivity contribution < 1.29 is 4.79 Å². The van der Waals surface area contributed by atoms with Gasteiger partial charge in [-0.25, -0.2) is 9.97 Å². The molecular weight excluding hydrogens is 370 g/mol. The lowest BCUT2D eigenvalue weighted by Crippen LogP contribution is -2.41. The number of hydrogen-bond acceptors (Lipinski definition) is 6. The Morgan fingerprint density at radius 1 is 1.21 bits per heavy atom. The second kappa shape index (κ2) is 7.83. The molecule has 4 rings (SSSR count). The number of aromatic nitrogens is 3. The van der Waals surface area contributed by atoms with E-state index in [4.69, 9.17) is 9.97 Å². The number of hydrogen-bond donors (Lipinski definition) is 2. The molecular formula is C21H25N5OS. The van der Waals surface area contributed by atoms with Crippen LogP contribution in [-0.2, 0) is 17.6 Å². The SMILES string of the molecule is CNC(=O)C(Nc1nc(-c2cccnc2)nc2sc3c(c12)CCCC3)C(C)C. The number of likely N-dealkylation sites (N-methyl/N-ethyl adjacent to an activating group) is 1. The molecule has 28 heavy (non-hydrogen) atoms. The Balaban J connectivity index is 1.88. The number of aryl methyl sites for hydroxylation is 2. The van der Waals surface area contributed by atoms with Gasteiger partial charge in [-0.3, -0.25) is 9.78 Å². The molecule has 1 aliphatic carbocycles. The van der Waals surface area contributed by atoms with Gasteiger partial charge in [0.25, 0.3) is 0 Å². The molecule has 3 aromatic rings. The van der Waals surface area contributed by atoms with Gasteiger partial charge >= 0.3 is 0 Å². The summed E-state index contributed by atoms with van der Waals surface area (Å²) in [4.78, 5) is 28.8. The zero-order chi connectivity index (χ0) is 19.7. The standard InChI is InChI=1S/C21H25N5OS/c1-12(2)17(20(27)22-3)24-19-16-14-8-4-5-9-15(14)28-21(16)26-18(25-19)13-7-6-10-23-11-13/h6-7,10-12,17H,4-5,8-9H2,1-3H3,(H,22,27)(H,24,25,26). The smallest absolute Gasteiger partial charge is 0.242 e. The molecule has 1 atom stereocenters. The van der Waals surface area contributed by atoms with Crippen molar-refractivity contribution in [2.24, 2.45) is 5.92 Å². The molecule has 3 heterocycles. The van der Waals surface area contributed by atoms with Gasteiger partial charge in [0, 0.05) is 29.9 Å². The zero-order valence-corrected chi connectivity index (χ0v) is 17.3. The number of fused-ring (bicyclic) bond motifs is 3. The first kappa shape index (κ1) is 18.8. The highest BCUT2D eigenvalue weighted by Gasteiger charge is 2.26. The lowest BCUT2D eigenvalue weighted by Gasteiger charge is -2.22. The molecule has 6 nitrogen and oxygen atoms in total. The van der Waals surface area contributed by atoms with Crippen molar-refractivity contribution in [2.75, 3.05) is 12.4 Å². The van der Waals surface area contributed by atoms with Gasteiger partial charge in [-0.1, -0.05) is 13.8 Å². The number of nitrogens with one attached hydrogen (secondary N) is 2. The topological polar surface area (TPSA) is 79.8 Å². The molecule has 0 saturated heterocycles. The summed E-state index contributed by atoms with van der Waals surface area (Å²) in [5, 5.41) is 7.29. The van der Waals surface area contributed by atoms with Gasteiger partial charge in [-0.15, -0.1) is 11.3 Å². The van der Waals surface area contributed by atoms with E-state index in [9.17, 15) is 4.79 Å². The molecule has 3 aromatic heterocycles. The van der Waals surface area contributed by atoms with E-state index in [0.29, 0.717) is 5.82 Å². The monoisotopic (exact) mass is 395 g/mol. The van der Waals surface area contributed by atoms with E-state index < -0.39 is 0 Å². The largest absolute Gasteiger partial charge is 0.358 e. The Hall–Kier alpha value is -2.54. The second-order valence-corrected chi connectivity index (χ2v) is 8.59. The van der Waals surface area contributed by atoms with Crippen LogP contribution in [0.3, 0.4) is 0 Å². The van der Waals surface area contributed by atoms with Crippen molar-refractivity contribution >= 4 is 33.3 Å². The molecule has 146 valence electrons. The molecule has 0 spiro atoms. The molecule has 0 bridgehead atoms. The third-order valence-electron chi connectivity index (χ3n) is 5.22. The van der Waals surface area contributed by atoms with Crippen LogP contribution in [0.15, 0.2) is 24.5 Å². The number of amides is 1. The summed E-state index contributed by atoms with van der Waals surface area (Å²) >= 11 is 1.76. The van der Waals surface area contributed by atoms with Crippen LogP contribution < -0.4 is 10.6 Å². The maximum atomic E-state index is 12.5. The lowest BCUT2D eigenvalue weighted by molar-refractivity contribution is -0.122. The molecule has 0 aromatic carbocycles. The van der Waals surface area contributed by atoms with Crippen LogP contribution >= 0.6 is 11.3 Å². The van der Waals surface area contributed by atoms with Crippen LogP contribution in [0.1, 0.15) is 37.1 Å². The van der Waals surface area contributed by atoms with Gasteiger partial charge in [-0.05, 0) is 49.3 Å². The van der Waals surface area contributed by atoms with E-state index in [0.717, 1.165) is 34.4 Å². The molecule has 1 aliphatic rings. The maximum Gasteiger partial charge on any atom is 0.242 e. The minimum absolute atomic E-state index is 0.0335. The first-order valence-corrected chi connectivity index (χ1v) is 10.6. The van der Waals surface area contributed by atoms with Crippen LogP contribution in [0.2, 0.25) is 0 Å². The number of pyridine rings is 1. The first-order valence-electron chi connectivity index (χ1n) is 9.79. The molecule has 0 saturated carbocycles. The second-order valence-electron chi connectivity index (χ2n) is 7.51. The summed E-state index contributed by atoms with van der Waals surface area (Å²) in [6.07, 6.45) is 8.07. The summed E-state index contributed by atoms with van der Waals surface area (Å²) in [5.41, 5.74) is 2.23. The fourth-order valence-electron chi connectivity index (χ4n) is 3.72. The molecule has 1 unspecified atom stereocenters. The van der Waals surface area contributed by atoms with Gasteiger partial charge in [-0.2, -0.15) is 0 Å². The Labute approximate surface area is 168 Å². The highest BCUT2D eigenvalue weighted by atomic mass is 32.1. The Morgan fingerprint density at radius 3 is 2.75 bits per heavy atom. The van der Waals surface area contributed by atoms with Crippen LogP contribution in [-0.4, -0.2) is 33.9 Å². The first-order chi connectivity index (χ1) is 13.6. The predicted octanol–water partition coefficient (Wildman–Crippen LogP) is 3.81. The summed E-state index contributed by atoms with van der Waals surface area (Å²) in [6.45, 7) is 4.08. The summed E-state index contributed by atoms with van der Waals surface area (Å²) < 4.78 is 0. The number of anilines is 1. The fourth-order valence-corrected chi connectivity index (χ4v) is 4.98. The van der Waals surface area contributed by atoms with Crippen molar-refractivity contribution in [3.05, 3.63) is 35.0 Å². The summed E-state index contributed by atoms with van der Waals surface area (Å²) in [5.74, 6) is 1.49. The average Bonchev–Trinajstić information content (AvgIpc) is 3.10. The summed E-state index contributed by atoms with van der Waals surface area (Å²) in [7, 11) is 1.67. The van der Waals surface area contributed by atoms with Crippen LogP contribution in [0.5, 0.6) is 0 Å². The predicted molar refractivity (Wildman–Crippen MR) is 114 cm³/mol. The van der Waals surface area contributed by atoms with Crippen molar-refractivity contribution in [2.45, 2.75) is 45.6 Å². The van der Waals surface area contributed by atoms with Crippen LogP contribution in [0.25, 0.3) is 21.6 Å². The van der Waals surface area contributed by atoms with Gasteiger partial charge in [0.2, 0.25) is 5.91 Å². The Morgan fingerprint density at radius 2 is 2.04 bits per heavy atom. The molecule has 0 fully saturated rings. The molecule has 1 amide bonds. The van der Waals surface area contributed by atoms with E-state index >= 15 is 0 Å². The third-order valence-corrected chi connectivity index (χ3v) is 6.41. The van der Waals surface area contributed by atoms with E-state index in [1.54, 1.807) is 30.8 Å². The minimum atomic E-state index is -0.357. The van der Waals surface area contributed by atoms with Crippen molar-refractivity contribution in [3.63, 3.8) is 0 Å². The van der Waals surface area contributed by atoms with Crippen molar-refractivity contribution in [1.29, 1.82) is 0 Å². The van der Waals surface area contributed by atoms with Gasteiger partial charge in [0.15, 0.2) is 5.82 Å². The normalized spacial score (nSPS) is 14.7. The number of rotatable bonds is 5. The highest BCUT2D eigenvalue weighted by Crippen LogP contribution is 2.40. The molecule has 0 aliphatic heterocycles. The van der Waals surface area contributed by atoms with E-state index in [1.807, 2.05) is 26.0 Å². The quantitative estimate of drug-likeness (QED) is 0.687. The van der Waals surface area contributed by atoms with E-state index in [1.165, 1.54) is 23.3 Å². The molecule has 7 heteroatoms. The average molecular weight is 396 g/mol.